The zero-order valence-electron chi connectivity index (χ0n) is 20.2. The number of hydrogen-bond acceptors (Lipinski definition) is 6. The van der Waals surface area contributed by atoms with E-state index in [1.807, 2.05) is 0 Å². The molecule has 2 N–H and O–H groups in total. The fraction of sp³-hybridized carbons (Fsp3) is 0.208. The predicted octanol–water partition coefficient (Wildman–Crippen LogP) is 5.09. The van der Waals surface area contributed by atoms with Crippen LogP contribution < -0.4 is 14.8 Å². The monoisotopic (exact) mass is 585 g/mol. The van der Waals surface area contributed by atoms with Crippen LogP contribution in [0.1, 0.15) is 24.2 Å². The standard InChI is InChI=1S/C24H25Cl2N3O6S2/c1-4-29(5-2)37(33,34)19-11-12-21(25)20(14-19)24(30)27-23-15-18(10-13-22(23)26)36(31,32)28-16-6-8-17(35-3)9-7-16/h6-15,28H,4-5H2,1-3H3,(H,27,30). The zero-order chi connectivity index (χ0) is 27.4. The van der Waals surface area contributed by atoms with Gasteiger partial charge in [0.05, 0.1) is 38.2 Å². The molecule has 0 saturated carbocycles. The van der Waals surface area contributed by atoms with E-state index in [0.717, 1.165) is 0 Å². The molecule has 3 aromatic carbocycles. The molecule has 0 atom stereocenters. The first kappa shape index (κ1) is 28.7. The molecule has 198 valence electrons. The Kier molecular flexibility index (Phi) is 9.09. The molecule has 0 aliphatic carbocycles. The van der Waals surface area contributed by atoms with Crippen LogP contribution in [0.15, 0.2) is 70.5 Å². The molecule has 0 aliphatic rings. The van der Waals surface area contributed by atoms with Crippen LogP contribution in [0.25, 0.3) is 0 Å². The molecular weight excluding hydrogens is 561 g/mol. The lowest BCUT2D eigenvalue weighted by atomic mass is 10.2. The van der Waals surface area contributed by atoms with Crippen LogP contribution in [0.4, 0.5) is 11.4 Å². The summed E-state index contributed by atoms with van der Waals surface area (Å²) in [6.07, 6.45) is 0. The molecule has 0 aliphatic heterocycles. The molecule has 0 spiro atoms. The number of nitrogens with one attached hydrogen (secondary N) is 2. The van der Waals surface area contributed by atoms with E-state index in [9.17, 15) is 21.6 Å². The molecule has 0 heterocycles. The van der Waals surface area contributed by atoms with E-state index < -0.39 is 26.0 Å². The Hall–Kier alpha value is -2.83. The lowest BCUT2D eigenvalue weighted by Crippen LogP contribution is -2.30. The van der Waals surface area contributed by atoms with Crippen LogP contribution in [0.3, 0.4) is 0 Å². The van der Waals surface area contributed by atoms with Crippen molar-refractivity contribution >= 4 is 60.5 Å². The topological polar surface area (TPSA) is 122 Å². The summed E-state index contributed by atoms with van der Waals surface area (Å²) in [7, 11) is -6.38. The van der Waals surface area contributed by atoms with Gasteiger partial charge < -0.3 is 10.1 Å². The molecule has 0 radical (unpaired) electrons. The molecule has 0 fully saturated rings. The summed E-state index contributed by atoms with van der Waals surface area (Å²) in [5.74, 6) is -0.201. The van der Waals surface area contributed by atoms with Gasteiger partial charge in [-0.1, -0.05) is 37.0 Å². The largest absolute Gasteiger partial charge is 0.497 e. The first-order valence-electron chi connectivity index (χ1n) is 11.0. The average Bonchev–Trinajstić information content (AvgIpc) is 2.86. The van der Waals surface area contributed by atoms with Gasteiger partial charge in [0, 0.05) is 18.8 Å². The van der Waals surface area contributed by atoms with Crippen molar-refractivity contribution in [3.8, 4) is 5.75 Å². The number of halogens is 2. The fourth-order valence-electron chi connectivity index (χ4n) is 3.38. The molecular formula is C24H25Cl2N3O6S2. The fourth-order valence-corrected chi connectivity index (χ4v) is 6.32. The minimum absolute atomic E-state index is 0.00246. The van der Waals surface area contributed by atoms with E-state index in [0.29, 0.717) is 11.4 Å². The second-order valence-electron chi connectivity index (χ2n) is 7.66. The number of ether oxygens (including phenoxy) is 1. The molecule has 1 amide bonds. The van der Waals surface area contributed by atoms with Crippen molar-refractivity contribution in [2.24, 2.45) is 0 Å². The molecule has 0 unspecified atom stereocenters. The lowest BCUT2D eigenvalue weighted by molar-refractivity contribution is 0.102. The second kappa shape index (κ2) is 11.7. The van der Waals surface area contributed by atoms with Crippen molar-refractivity contribution in [3.63, 3.8) is 0 Å². The Morgan fingerprint density at radius 1 is 0.865 bits per heavy atom. The minimum Gasteiger partial charge on any atom is -0.497 e. The van der Waals surface area contributed by atoms with Gasteiger partial charge >= 0.3 is 0 Å². The van der Waals surface area contributed by atoms with E-state index in [1.54, 1.807) is 26.0 Å². The second-order valence-corrected chi connectivity index (χ2v) is 12.1. The van der Waals surface area contributed by atoms with Gasteiger partial charge in [-0.05, 0) is 60.7 Å². The SMILES string of the molecule is CCN(CC)S(=O)(=O)c1ccc(Cl)c(C(=O)Nc2cc(S(=O)(=O)Nc3ccc(OC)cc3)ccc2Cl)c1. The number of nitrogens with zero attached hydrogens (tertiary/aromatic N) is 1. The summed E-state index contributed by atoms with van der Waals surface area (Å²) in [6.45, 7) is 3.92. The maximum absolute atomic E-state index is 13.0. The minimum atomic E-state index is -4.03. The molecule has 0 aromatic heterocycles. The third-order valence-corrected chi connectivity index (χ3v) is 9.45. The highest BCUT2D eigenvalue weighted by atomic mass is 35.5. The van der Waals surface area contributed by atoms with Gasteiger partial charge in [0.2, 0.25) is 10.0 Å². The molecule has 3 aromatic rings. The number of sulfonamides is 2. The van der Waals surface area contributed by atoms with Crippen molar-refractivity contribution in [3.05, 3.63) is 76.3 Å². The summed E-state index contributed by atoms with van der Waals surface area (Å²) < 4.78 is 60.4. The van der Waals surface area contributed by atoms with E-state index in [-0.39, 0.29) is 44.2 Å². The molecule has 13 heteroatoms. The third kappa shape index (κ3) is 6.55. The highest BCUT2D eigenvalue weighted by Gasteiger charge is 2.24. The first-order chi connectivity index (χ1) is 17.4. The normalized spacial score (nSPS) is 11.8. The predicted molar refractivity (Wildman–Crippen MR) is 145 cm³/mol. The van der Waals surface area contributed by atoms with E-state index in [2.05, 4.69) is 10.0 Å². The lowest BCUT2D eigenvalue weighted by Gasteiger charge is -2.19. The van der Waals surface area contributed by atoms with Gasteiger partial charge in [0.15, 0.2) is 0 Å². The average molecular weight is 587 g/mol. The zero-order valence-corrected chi connectivity index (χ0v) is 23.3. The van der Waals surface area contributed by atoms with Crippen LogP contribution in [0, 0.1) is 0 Å². The smallest absolute Gasteiger partial charge is 0.261 e. The number of carbonyl (C=O) groups is 1. The van der Waals surface area contributed by atoms with E-state index >= 15 is 0 Å². The Balaban J connectivity index is 1.90. The number of benzene rings is 3. The van der Waals surface area contributed by atoms with Crippen molar-refractivity contribution in [2.75, 3.05) is 30.2 Å². The number of rotatable bonds is 10. The van der Waals surface area contributed by atoms with Gasteiger partial charge in [-0.15, -0.1) is 0 Å². The highest BCUT2D eigenvalue weighted by molar-refractivity contribution is 7.92. The summed E-state index contributed by atoms with van der Waals surface area (Å²) in [6, 6.07) is 13.9. The number of methoxy groups -OCH3 is 1. The van der Waals surface area contributed by atoms with Gasteiger partial charge in [-0.3, -0.25) is 9.52 Å². The van der Waals surface area contributed by atoms with Crippen molar-refractivity contribution in [1.82, 2.24) is 4.31 Å². The van der Waals surface area contributed by atoms with Crippen molar-refractivity contribution in [1.29, 1.82) is 0 Å². The van der Waals surface area contributed by atoms with Crippen LogP contribution >= 0.6 is 23.2 Å². The van der Waals surface area contributed by atoms with Crippen LogP contribution in [0.5, 0.6) is 5.75 Å². The molecule has 0 saturated heterocycles. The van der Waals surface area contributed by atoms with E-state index in [4.69, 9.17) is 27.9 Å². The highest BCUT2D eigenvalue weighted by Crippen LogP contribution is 2.29. The first-order valence-corrected chi connectivity index (χ1v) is 14.7. The quantitative estimate of drug-likeness (QED) is 0.342. The number of hydrogen-bond donors (Lipinski definition) is 2. The van der Waals surface area contributed by atoms with Gasteiger partial charge in [0.1, 0.15) is 5.75 Å². The summed E-state index contributed by atoms with van der Waals surface area (Å²) in [4.78, 5) is 12.8. The van der Waals surface area contributed by atoms with Crippen molar-refractivity contribution < 1.29 is 26.4 Å². The maximum Gasteiger partial charge on any atom is 0.261 e. The number of anilines is 2. The van der Waals surface area contributed by atoms with Crippen LogP contribution in [-0.2, 0) is 20.0 Å². The molecule has 9 nitrogen and oxygen atoms in total. The maximum atomic E-state index is 13.0. The van der Waals surface area contributed by atoms with Crippen LogP contribution in [-0.4, -0.2) is 47.2 Å². The summed E-state index contributed by atoms with van der Waals surface area (Å²) in [5.41, 5.74) is 0.187. The number of carbonyl (C=O) groups excluding carboxylic acids is 1. The van der Waals surface area contributed by atoms with Crippen LogP contribution in [0.2, 0.25) is 10.0 Å². The number of amides is 1. The Bertz CT molecular complexity index is 1510. The Labute approximate surface area is 226 Å². The summed E-state index contributed by atoms with van der Waals surface area (Å²) in [5, 5.41) is 2.60. The van der Waals surface area contributed by atoms with E-state index in [1.165, 1.54) is 59.9 Å². The Morgan fingerprint density at radius 2 is 1.46 bits per heavy atom. The van der Waals surface area contributed by atoms with Gasteiger partial charge in [-0.2, -0.15) is 4.31 Å². The van der Waals surface area contributed by atoms with Gasteiger partial charge in [-0.25, -0.2) is 16.8 Å². The van der Waals surface area contributed by atoms with Crippen molar-refractivity contribution in [2.45, 2.75) is 23.6 Å². The van der Waals surface area contributed by atoms with Gasteiger partial charge in [0.25, 0.3) is 15.9 Å². The third-order valence-electron chi connectivity index (χ3n) is 5.36. The molecule has 0 bridgehead atoms. The Morgan fingerprint density at radius 3 is 2.05 bits per heavy atom. The summed E-state index contributed by atoms with van der Waals surface area (Å²) >= 11 is 12.4. The molecule has 3 rings (SSSR count). The molecule has 37 heavy (non-hydrogen) atoms.